The Morgan fingerprint density at radius 1 is 1.00 bits per heavy atom. The predicted octanol–water partition coefficient (Wildman–Crippen LogP) is 1.62. The van der Waals surface area contributed by atoms with Crippen molar-refractivity contribution in [2.45, 2.75) is 64.9 Å². The number of hydrogen-bond acceptors (Lipinski definition) is 9. The second kappa shape index (κ2) is 11.9. The van der Waals surface area contributed by atoms with E-state index in [9.17, 15) is 19.2 Å². The fourth-order valence-corrected chi connectivity index (χ4v) is 3.68. The smallest absolute Gasteiger partial charge is 0.303 e. The summed E-state index contributed by atoms with van der Waals surface area (Å²) in [5.74, 6) is -2.35. The fourth-order valence-electron chi connectivity index (χ4n) is 3.24. The molecule has 1 fully saturated rings. The van der Waals surface area contributed by atoms with Crippen LogP contribution in [0, 0.1) is 0 Å². The van der Waals surface area contributed by atoms with Gasteiger partial charge in [0.1, 0.15) is 18.8 Å². The van der Waals surface area contributed by atoms with E-state index in [4.69, 9.17) is 23.7 Å². The Hall–Kier alpha value is -2.50. The van der Waals surface area contributed by atoms with Crippen LogP contribution < -0.4 is 5.32 Å². The van der Waals surface area contributed by atoms with Gasteiger partial charge in [0, 0.05) is 32.2 Å². The van der Waals surface area contributed by atoms with Gasteiger partial charge in [-0.25, -0.2) is 0 Å². The first-order valence-electron chi connectivity index (χ1n) is 9.83. The third-order valence-electron chi connectivity index (χ3n) is 4.37. The summed E-state index contributed by atoms with van der Waals surface area (Å²) >= 11 is 3.39. The van der Waals surface area contributed by atoms with Gasteiger partial charge in [-0.1, -0.05) is 28.1 Å². The lowest BCUT2D eigenvalue weighted by atomic mass is 9.96. The van der Waals surface area contributed by atoms with Crippen LogP contribution >= 0.6 is 15.9 Å². The first-order valence-corrected chi connectivity index (χ1v) is 10.6. The summed E-state index contributed by atoms with van der Waals surface area (Å²) in [4.78, 5) is 46.8. The molecule has 1 heterocycles. The largest absolute Gasteiger partial charge is 0.463 e. The van der Waals surface area contributed by atoms with Crippen LogP contribution in [0.5, 0.6) is 0 Å². The van der Waals surface area contributed by atoms with E-state index in [1.807, 2.05) is 24.3 Å². The van der Waals surface area contributed by atoms with E-state index >= 15 is 0 Å². The van der Waals surface area contributed by atoms with Gasteiger partial charge < -0.3 is 29.0 Å². The summed E-state index contributed by atoms with van der Waals surface area (Å²) in [5.41, 5.74) is 0.812. The third-order valence-corrected chi connectivity index (χ3v) is 4.87. The Morgan fingerprint density at radius 3 is 2.22 bits per heavy atom. The quantitative estimate of drug-likeness (QED) is 0.405. The van der Waals surface area contributed by atoms with E-state index < -0.39 is 54.5 Å². The molecule has 0 bridgehead atoms. The number of nitrogens with one attached hydrogen (secondary N) is 1. The number of ether oxygens (including phenoxy) is 5. The molecule has 32 heavy (non-hydrogen) atoms. The molecule has 1 aliphatic heterocycles. The molecule has 0 radical (unpaired) electrons. The topological polar surface area (TPSA) is 126 Å². The van der Waals surface area contributed by atoms with Crippen LogP contribution in [0.15, 0.2) is 28.7 Å². The number of amides is 1. The lowest BCUT2D eigenvalue weighted by Gasteiger charge is -2.44. The van der Waals surface area contributed by atoms with Gasteiger partial charge in [0.05, 0.1) is 6.61 Å². The highest BCUT2D eigenvalue weighted by Gasteiger charge is 2.51. The van der Waals surface area contributed by atoms with Gasteiger partial charge in [0.2, 0.25) is 5.91 Å². The Bertz CT molecular complexity index is 846. The Morgan fingerprint density at radius 2 is 1.66 bits per heavy atom. The van der Waals surface area contributed by atoms with E-state index in [2.05, 4.69) is 21.2 Å². The maximum atomic E-state index is 11.9. The number of esters is 3. The van der Waals surface area contributed by atoms with Crippen molar-refractivity contribution in [3.8, 4) is 0 Å². The summed E-state index contributed by atoms with van der Waals surface area (Å²) in [5, 5.41) is 2.65. The minimum absolute atomic E-state index is 0.103. The van der Waals surface area contributed by atoms with Crippen LogP contribution in [0.3, 0.4) is 0 Å². The minimum Gasteiger partial charge on any atom is -0.463 e. The van der Waals surface area contributed by atoms with Gasteiger partial charge in [-0.05, 0) is 17.7 Å². The zero-order chi connectivity index (χ0) is 23.8. The van der Waals surface area contributed by atoms with Crippen LogP contribution in [0.4, 0.5) is 0 Å². The third kappa shape index (κ3) is 7.88. The van der Waals surface area contributed by atoms with E-state index in [-0.39, 0.29) is 13.2 Å². The van der Waals surface area contributed by atoms with Crippen LogP contribution in [0.25, 0.3) is 0 Å². The molecule has 1 aliphatic rings. The monoisotopic (exact) mass is 515 g/mol. The maximum Gasteiger partial charge on any atom is 0.303 e. The van der Waals surface area contributed by atoms with Gasteiger partial charge in [0.15, 0.2) is 18.5 Å². The van der Waals surface area contributed by atoms with Crippen molar-refractivity contribution in [2.75, 3.05) is 6.61 Å². The van der Waals surface area contributed by atoms with Crippen molar-refractivity contribution >= 4 is 39.7 Å². The van der Waals surface area contributed by atoms with Gasteiger partial charge in [-0.15, -0.1) is 0 Å². The van der Waals surface area contributed by atoms with Crippen molar-refractivity contribution in [1.29, 1.82) is 0 Å². The van der Waals surface area contributed by atoms with Crippen LogP contribution in [0.2, 0.25) is 0 Å². The molecule has 1 aromatic rings. The van der Waals surface area contributed by atoms with E-state index in [1.54, 1.807) is 0 Å². The number of rotatable bonds is 8. The highest BCUT2D eigenvalue weighted by Crippen LogP contribution is 2.28. The van der Waals surface area contributed by atoms with Crippen molar-refractivity contribution < 1.29 is 42.9 Å². The minimum atomic E-state index is -1.15. The summed E-state index contributed by atoms with van der Waals surface area (Å²) in [6.07, 6.45) is -4.42. The molecule has 0 spiro atoms. The molecule has 11 heteroatoms. The van der Waals surface area contributed by atoms with E-state index in [0.29, 0.717) is 0 Å². The summed E-state index contributed by atoms with van der Waals surface area (Å²) in [6.45, 7) is 4.68. The lowest BCUT2D eigenvalue weighted by Crippen LogP contribution is -2.66. The van der Waals surface area contributed by atoms with Gasteiger partial charge >= 0.3 is 17.9 Å². The van der Waals surface area contributed by atoms with E-state index in [1.165, 1.54) is 27.7 Å². The van der Waals surface area contributed by atoms with Crippen LogP contribution in [0.1, 0.15) is 33.3 Å². The molecule has 0 aliphatic carbocycles. The Labute approximate surface area is 194 Å². The van der Waals surface area contributed by atoms with Gasteiger partial charge in [-0.3, -0.25) is 19.2 Å². The molecule has 1 amide bonds. The zero-order valence-electron chi connectivity index (χ0n) is 18.2. The van der Waals surface area contributed by atoms with Crippen molar-refractivity contribution in [1.82, 2.24) is 5.32 Å². The first-order chi connectivity index (χ1) is 15.1. The van der Waals surface area contributed by atoms with Crippen LogP contribution in [-0.4, -0.2) is 61.1 Å². The van der Waals surface area contributed by atoms with E-state index in [0.717, 1.165) is 10.0 Å². The highest BCUT2D eigenvalue weighted by atomic mass is 79.9. The normalized spacial score (nSPS) is 24.8. The fraction of sp³-hybridized carbons (Fsp3) is 0.524. The summed E-state index contributed by atoms with van der Waals surface area (Å²) in [7, 11) is 0. The second-order valence-corrected chi connectivity index (χ2v) is 8.08. The van der Waals surface area contributed by atoms with Gasteiger partial charge in [0.25, 0.3) is 0 Å². The zero-order valence-corrected chi connectivity index (χ0v) is 19.7. The second-order valence-electron chi connectivity index (χ2n) is 7.16. The SMILES string of the molecule is CC(=O)N[C@H]1[C@@H](OCc2cccc(Br)c2)O[C@@H](COC(C)=O)[C@@H](OC(C)=O)[C@@H]1OC(C)=O. The number of carbonyl (C=O) groups is 4. The Kier molecular flexibility index (Phi) is 9.60. The molecule has 1 aromatic carbocycles. The average Bonchev–Trinajstić information content (AvgIpc) is 2.67. The molecule has 10 nitrogen and oxygen atoms in total. The highest BCUT2D eigenvalue weighted by molar-refractivity contribution is 9.10. The van der Waals surface area contributed by atoms with Crippen molar-refractivity contribution in [3.05, 3.63) is 34.3 Å². The molecule has 0 aromatic heterocycles. The Balaban J connectivity index is 2.36. The lowest BCUT2D eigenvalue weighted by molar-refractivity contribution is -0.280. The molecule has 1 saturated heterocycles. The molecule has 5 atom stereocenters. The molecular formula is C21H26BrNO9. The number of halogens is 1. The molecular weight excluding hydrogens is 490 g/mol. The summed E-state index contributed by atoms with van der Waals surface area (Å²) < 4.78 is 28.5. The van der Waals surface area contributed by atoms with Gasteiger partial charge in [-0.2, -0.15) is 0 Å². The molecule has 2 rings (SSSR count). The van der Waals surface area contributed by atoms with Crippen molar-refractivity contribution in [3.63, 3.8) is 0 Å². The standard InChI is InChI=1S/C21H26BrNO9/c1-11(24)23-18-20(31-14(4)27)19(30-13(3)26)17(10-28-12(2)25)32-21(18)29-9-15-6-5-7-16(22)8-15/h5-8,17-21H,9-10H2,1-4H3,(H,23,24)/t17-,18+,19+,20+,21-/m0/s1. The molecule has 0 unspecified atom stereocenters. The maximum absolute atomic E-state index is 11.9. The molecule has 176 valence electrons. The number of carbonyl (C=O) groups excluding carboxylic acids is 4. The molecule has 1 N–H and O–H groups in total. The average molecular weight is 516 g/mol. The first kappa shape index (κ1) is 25.8. The number of benzene rings is 1. The van der Waals surface area contributed by atoms with Crippen LogP contribution in [-0.2, 0) is 49.5 Å². The molecule has 0 saturated carbocycles. The predicted molar refractivity (Wildman–Crippen MR) is 113 cm³/mol. The number of hydrogen-bond donors (Lipinski definition) is 1. The summed E-state index contributed by atoms with van der Waals surface area (Å²) in [6, 6.07) is 6.37. The van der Waals surface area contributed by atoms with Crippen molar-refractivity contribution in [2.24, 2.45) is 0 Å².